The molecule has 0 atom stereocenters. The van der Waals surface area contributed by atoms with Gasteiger partial charge < -0.3 is 14.7 Å². The highest BCUT2D eigenvalue weighted by Crippen LogP contribution is 2.24. The first-order valence-corrected chi connectivity index (χ1v) is 9.80. The van der Waals surface area contributed by atoms with Crippen LogP contribution in [0.3, 0.4) is 0 Å². The Labute approximate surface area is 167 Å². The number of benzene rings is 2. The molecular formula is C23H29N3O2. The molecule has 5 heteroatoms. The molecule has 2 aromatic rings. The number of hydrogen-bond acceptors (Lipinski definition) is 3. The average molecular weight is 380 g/mol. The standard InChI is InChI=1S/C23H29N3O2/c1-17-7-5-9-21(15-17)26(20(4)27)16-23(28)25-13-11-24(12-14-25)22-10-6-8-18(2)19(22)3/h5-10,15H,11-14,16H2,1-4H3. The first-order valence-electron chi connectivity index (χ1n) is 9.80. The molecule has 0 spiro atoms. The molecule has 0 aromatic heterocycles. The van der Waals surface area contributed by atoms with Crippen LogP contribution in [0.15, 0.2) is 42.5 Å². The molecule has 0 radical (unpaired) electrons. The van der Waals surface area contributed by atoms with Gasteiger partial charge in [-0.25, -0.2) is 0 Å². The van der Waals surface area contributed by atoms with Crippen molar-refractivity contribution in [2.45, 2.75) is 27.7 Å². The summed E-state index contributed by atoms with van der Waals surface area (Å²) < 4.78 is 0. The Morgan fingerprint density at radius 3 is 2.29 bits per heavy atom. The van der Waals surface area contributed by atoms with E-state index in [1.165, 1.54) is 23.7 Å². The zero-order valence-corrected chi connectivity index (χ0v) is 17.2. The van der Waals surface area contributed by atoms with E-state index in [4.69, 9.17) is 0 Å². The van der Waals surface area contributed by atoms with Crippen LogP contribution < -0.4 is 9.80 Å². The van der Waals surface area contributed by atoms with Crippen molar-refractivity contribution in [2.24, 2.45) is 0 Å². The maximum atomic E-state index is 12.8. The molecule has 0 N–H and O–H groups in total. The van der Waals surface area contributed by atoms with E-state index in [0.717, 1.165) is 24.3 Å². The van der Waals surface area contributed by atoms with Gasteiger partial charge in [0.1, 0.15) is 6.54 Å². The summed E-state index contributed by atoms with van der Waals surface area (Å²) in [4.78, 5) is 30.7. The second-order valence-corrected chi connectivity index (χ2v) is 7.53. The highest BCUT2D eigenvalue weighted by atomic mass is 16.2. The van der Waals surface area contributed by atoms with Gasteiger partial charge in [0.15, 0.2) is 0 Å². The molecule has 28 heavy (non-hydrogen) atoms. The molecule has 0 unspecified atom stereocenters. The lowest BCUT2D eigenvalue weighted by molar-refractivity contribution is -0.131. The predicted molar refractivity (Wildman–Crippen MR) is 114 cm³/mol. The third-order valence-corrected chi connectivity index (χ3v) is 5.54. The summed E-state index contributed by atoms with van der Waals surface area (Å²) in [6, 6.07) is 14.1. The molecule has 0 saturated carbocycles. The zero-order chi connectivity index (χ0) is 20.3. The van der Waals surface area contributed by atoms with Crippen LogP contribution in [0.25, 0.3) is 0 Å². The van der Waals surface area contributed by atoms with Crippen molar-refractivity contribution in [3.8, 4) is 0 Å². The Bertz CT molecular complexity index is 870. The van der Waals surface area contributed by atoms with E-state index in [0.29, 0.717) is 13.1 Å². The van der Waals surface area contributed by atoms with Crippen LogP contribution in [-0.4, -0.2) is 49.4 Å². The Kier molecular flexibility index (Phi) is 6.02. The lowest BCUT2D eigenvalue weighted by atomic mass is 10.1. The lowest BCUT2D eigenvalue weighted by Gasteiger charge is -2.37. The van der Waals surface area contributed by atoms with E-state index < -0.39 is 0 Å². The summed E-state index contributed by atoms with van der Waals surface area (Å²) >= 11 is 0. The monoisotopic (exact) mass is 379 g/mol. The molecule has 0 bridgehead atoms. The topological polar surface area (TPSA) is 43.9 Å². The molecule has 1 heterocycles. The van der Waals surface area contributed by atoms with Gasteiger partial charge in [-0.05, 0) is 55.7 Å². The number of nitrogens with zero attached hydrogens (tertiary/aromatic N) is 3. The smallest absolute Gasteiger partial charge is 0.242 e. The van der Waals surface area contributed by atoms with Crippen molar-refractivity contribution >= 4 is 23.2 Å². The van der Waals surface area contributed by atoms with Gasteiger partial charge in [0.25, 0.3) is 0 Å². The molecule has 5 nitrogen and oxygen atoms in total. The molecule has 148 valence electrons. The van der Waals surface area contributed by atoms with Crippen molar-refractivity contribution in [1.82, 2.24) is 4.90 Å². The SMILES string of the molecule is CC(=O)N(CC(=O)N1CCN(c2cccc(C)c2C)CC1)c1cccc(C)c1. The van der Waals surface area contributed by atoms with Crippen LogP contribution in [-0.2, 0) is 9.59 Å². The number of rotatable bonds is 4. The van der Waals surface area contributed by atoms with Gasteiger partial charge in [0.2, 0.25) is 11.8 Å². The minimum atomic E-state index is -0.118. The Morgan fingerprint density at radius 2 is 1.64 bits per heavy atom. The molecule has 2 amide bonds. The molecular weight excluding hydrogens is 350 g/mol. The first kappa shape index (κ1) is 19.9. The van der Waals surface area contributed by atoms with E-state index in [1.54, 1.807) is 4.90 Å². The molecule has 1 saturated heterocycles. The Hall–Kier alpha value is -2.82. The van der Waals surface area contributed by atoms with Crippen molar-refractivity contribution in [3.05, 3.63) is 59.2 Å². The lowest BCUT2D eigenvalue weighted by Crippen LogP contribution is -2.52. The summed E-state index contributed by atoms with van der Waals surface area (Å²) in [6.07, 6.45) is 0. The maximum absolute atomic E-state index is 12.8. The Balaban J connectivity index is 1.64. The summed E-state index contributed by atoms with van der Waals surface area (Å²) in [6.45, 7) is 10.8. The number of anilines is 2. The van der Waals surface area contributed by atoms with E-state index >= 15 is 0 Å². The van der Waals surface area contributed by atoms with Gasteiger partial charge in [0, 0.05) is 44.5 Å². The van der Waals surface area contributed by atoms with Gasteiger partial charge in [-0.1, -0.05) is 24.3 Å². The van der Waals surface area contributed by atoms with Gasteiger partial charge in [-0.15, -0.1) is 0 Å². The fraction of sp³-hybridized carbons (Fsp3) is 0.391. The molecule has 1 fully saturated rings. The average Bonchev–Trinajstić information content (AvgIpc) is 2.68. The van der Waals surface area contributed by atoms with E-state index in [-0.39, 0.29) is 18.4 Å². The molecule has 1 aliphatic rings. The van der Waals surface area contributed by atoms with Gasteiger partial charge in [-0.3, -0.25) is 9.59 Å². The summed E-state index contributed by atoms with van der Waals surface area (Å²) in [5.74, 6) is -0.120. The second-order valence-electron chi connectivity index (χ2n) is 7.53. The van der Waals surface area contributed by atoms with Crippen LogP contribution >= 0.6 is 0 Å². The number of aryl methyl sites for hydroxylation is 2. The largest absolute Gasteiger partial charge is 0.368 e. The Morgan fingerprint density at radius 1 is 0.964 bits per heavy atom. The molecule has 2 aromatic carbocycles. The zero-order valence-electron chi connectivity index (χ0n) is 17.2. The number of amides is 2. The summed E-state index contributed by atoms with van der Waals surface area (Å²) in [5.41, 5.74) is 5.67. The van der Waals surface area contributed by atoms with E-state index in [9.17, 15) is 9.59 Å². The highest BCUT2D eigenvalue weighted by Gasteiger charge is 2.25. The predicted octanol–water partition coefficient (Wildman–Crippen LogP) is 3.31. The quantitative estimate of drug-likeness (QED) is 0.819. The van der Waals surface area contributed by atoms with E-state index in [2.05, 4.69) is 36.9 Å². The molecule has 1 aliphatic heterocycles. The summed E-state index contributed by atoms with van der Waals surface area (Å²) in [5, 5.41) is 0. The van der Waals surface area contributed by atoms with Gasteiger partial charge in [-0.2, -0.15) is 0 Å². The van der Waals surface area contributed by atoms with Gasteiger partial charge in [0.05, 0.1) is 0 Å². The maximum Gasteiger partial charge on any atom is 0.242 e. The molecule has 3 rings (SSSR count). The fourth-order valence-electron chi connectivity index (χ4n) is 3.69. The van der Waals surface area contributed by atoms with Crippen LogP contribution in [0.5, 0.6) is 0 Å². The van der Waals surface area contributed by atoms with Crippen molar-refractivity contribution < 1.29 is 9.59 Å². The van der Waals surface area contributed by atoms with Gasteiger partial charge >= 0.3 is 0 Å². The van der Waals surface area contributed by atoms with Crippen LogP contribution in [0.4, 0.5) is 11.4 Å². The van der Waals surface area contributed by atoms with Crippen molar-refractivity contribution in [1.29, 1.82) is 0 Å². The van der Waals surface area contributed by atoms with Crippen LogP contribution in [0.1, 0.15) is 23.6 Å². The first-order chi connectivity index (χ1) is 13.4. The third kappa shape index (κ3) is 4.35. The fourth-order valence-corrected chi connectivity index (χ4v) is 3.69. The number of carbonyl (C=O) groups excluding carboxylic acids is 2. The number of hydrogen-bond donors (Lipinski definition) is 0. The van der Waals surface area contributed by atoms with Crippen molar-refractivity contribution in [3.63, 3.8) is 0 Å². The van der Waals surface area contributed by atoms with E-state index in [1.807, 2.05) is 36.1 Å². The van der Waals surface area contributed by atoms with Crippen LogP contribution in [0, 0.1) is 20.8 Å². The number of carbonyl (C=O) groups is 2. The molecule has 0 aliphatic carbocycles. The normalized spacial score (nSPS) is 14.1. The summed E-state index contributed by atoms with van der Waals surface area (Å²) in [7, 11) is 0. The highest BCUT2D eigenvalue weighted by molar-refractivity contribution is 5.97. The third-order valence-electron chi connectivity index (χ3n) is 5.54. The second kappa shape index (κ2) is 8.46. The minimum absolute atomic E-state index is 0.00248. The van der Waals surface area contributed by atoms with Crippen molar-refractivity contribution in [2.75, 3.05) is 42.5 Å². The number of piperazine rings is 1. The minimum Gasteiger partial charge on any atom is -0.368 e. The van der Waals surface area contributed by atoms with Crippen LogP contribution in [0.2, 0.25) is 0 Å².